The van der Waals surface area contributed by atoms with Gasteiger partial charge in [-0.15, -0.1) is 0 Å². The summed E-state index contributed by atoms with van der Waals surface area (Å²) in [7, 11) is 0. The van der Waals surface area contributed by atoms with Crippen molar-refractivity contribution in [3.63, 3.8) is 0 Å². The van der Waals surface area contributed by atoms with Crippen LogP contribution in [0.25, 0.3) is 0 Å². The van der Waals surface area contributed by atoms with Crippen LogP contribution in [0.3, 0.4) is 0 Å². The number of carboxylic acids is 1. The van der Waals surface area contributed by atoms with Crippen LogP contribution < -0.4 is 10.6 Å². The minimum atomic E-state index is -1.13. The molecule has 5 nitrogen and oxygen atoms in total. The van der Waals surface area contributed by atoms with E-state index in [0.29, 0.717) is 0 Å². The standard InChI is InChI=1S/C11H11ClN2O3/c12-8-3-1-2-7(10(15)16)9(8)14-11(17)13-6-4-5-6/h1-3,6H,4-5H2,(H,15,16)(H2,13,14,17). The second kappa shape index (κ2) is 4.63. The highest BCUT2D eigenvalue weighted by Crippen LogP contribution is 2.26. The fourth-order valence-corrected chi connectivity index (χ4v) is 1.61. The molecule has 3 N–H and O–H groups in total. The van der Waals surface area contributed by atoms with Gasteiger partial charge >= 0.3 is 12.0 Å². The average molecular weight is 255 g/mol. The highest BCUT2D eigenvalue weighted by atomic mass is 35.5. The first kappa shape index (κ1) is 11.7. The van der Waals surface area contributed by atoms with Gasteiger partial charge in [0.25, 0.3) is 0 Å². The summed E-state index contributed by atoms with van der Waals surface area (Å²) in [5.74, 6) is -1.13. The molecule has 90 valence electrons. The quantitative estimate of drug-likeness (QED) is 0.775. The van der Waals surface area contributed by atoms with Crippen LogP contribution in [0.1, 0.15) is 23.2 Å². The van der Waals surface area contributed by atoms with E-state index in [2.05, 4.69) is 10.6 Å². The van der Waals surface area contributed by atoms with Crippen LogP contribution in [-0.4, -0.2) is 23.1 Å². The van der Waals surface area contributed by atoms with Gasteiger partial charge in [0, 0.05) is 6.04 Å². The number of hydrogen-bond donors (Lipinski definition) is 3. The summed E-state index contributed by atoms with van der Waals surface area (Å²) in [6.45, 7) is 0. The number of halogens is 1. The van der Waals surface area contributed by atoms with E-state index in [1.807, 2.05) is 0 Å². The first-order chi connectivity index (χ1) is 8.08. The largest absolute Gasteiger partial charge is 0.478 e. The Morgan fingerprint density at radius 2 is 2.06 bits per heavy atom. The van der Waals surface area contributed by atoms with Crippen molar-refractivity contribution < 1.29 is 14.7 Å². The van der Waals surface area contributed by atoms with E-state index in [4.69, 9.17) is 16.7 Å². The molecule has 1 aromatic rings. The molecule has 1 fully saturated rings. The van der Waals surface area contributed by atoms with Crippen molar-refractivity contribution in [2.45, 2.75) is 18.9 Å². The predicted octanol–water partition coefficient (Wildman–Crippen LogP) is 2.32. The number of urea groups is 1. The van der Waals surface area contributed by atoms with Gasteiger partial charge in [0.1, 0.15) is 0 Å². The lowest BCUT2D eigenvalue weighted by Crippen LogP contribution is -2.31. The summed E-state index contributed by atoms with van der Waals surface area (Å²) in [6.07, 6.45) is 1.92. The van der Waals surface area contributed by atoms with Crippen LogP contribution in [-0.2, 0) is 0 Å². The molecular formula is C11H11ClN2O3. The van der Waals surface area contributed by atoms with Crippen molar-refractivity contribution in [2.75, 3.05) is 5.32 Å². The zero-order valence-electron chi connectivity index (χ0n) is 8.87. The van der Waals surface area contributed by atoms with E-state index in [0.717, 1.165) is 12.8 Å². The molecule has 0 aromatic heterocycles. The van der Waals surface area contributed by atoms with Crippen molar-refractivity contribution in [3.8, 4) is 0 Å². The number of carbonyl (C=O) groups excluding carboxylic acids is 1. The monoisotopic (exact) mass is 254 g/mol. The van der Waals surface area contributed by atoms with E-state index >= 15 is 0 Å². The Morgan fingerprint density at radius 1 is 1.35 bits per heavy atom. The van der Waals surface area contributed by atoms with Gasteiger partial charge in [-0.05, 0) is 25.0 Å². The number of nitrogens with one attached hydrogen (secondary N) is 2. The average Bonchev–Trinajstić information content (AvgIpc) is 3.04. The number of rotatable bonds is 3. The van der Waals surface area contributed by atoms with Gasteiger partial charge in [0.15, 0.2) is 0 Å². The third-order valence-corrected chi connectivity index (χ3v) is 2.71. The van der Waals surface area contributed by atoms with Gasteiger partial charge in [-0.1, -0.05) is 17.7 Å². The fraction of sp³-hybridized carbons (Fsp3) is 0.273. The van der Waals surface area contributed by atoms with Gasteiger partial charge in [-0.2, -0.15) is 0 Å². The number of carbonyl (C=O) groups is 2. The van der Waals surface area contributed by atoms with Crippen LogP contribution in [0.15, 0.2) is 18.2 Å². The normalized spacial score (nSPS) is 14.2. The van der Waals surface area contributed by atoms with Crippen molar-refractivity contribution in [3.05, 3.63) is 28.8 Å². The molecule has 1 aliphatic rings. The summed E-state index contributed by atoms with van der Waals surface area (Å²) >= 11 is 5.86. The Kier molecular flexibility index (Phi) is 3.19. The van der Waals surface area contributed by atoms with Crippen LogP contribution in [0, 0.1) is 0 Å². The maximum Gasteiger partial charge on any atom is 0.337 e. The minimum absolute atomic E-state index is 0.0246. The third kappa shape index (κ3) is 2.88. The van der Waals surface area contributed by atoms with Crippen molar-refractivity contribution in [2.24, 2.45) is 0 Å². The van der Waals surface area contributed by atoms with E-state index in [-0.39, 0.29) is 22.3 Å². The van der Waals surface area contributed by atoms with E-state index in [1.165, 1.54) is 18.2 Å². The minimum Gasteiger partial charge on any atom is -0.478 e. The summed E-state index contributed by atoms with van der Waals surface area (Å²) < 4.78 is 0. The lowest BCUT2D eigenvalue weighted by molar-refractivity contribution is 0.0698. The number of aromatic carboxylic acids is 1. The first-order valence-electron chi connectivity index (χ1n) is 5.17. The predicted molar refractivity (Wildman–Crippen MR) is 63.6 cm³/mol. The molecule has 0 saturated heterocycles. The SMILES string of the molecule is O=C(Nc1c(Cl)cccc1C(=O)O)NC1CC1. The van der Waals surface area contributed by atoms with Crippen LogP contribution in [0.4, 0.5) is 10.5 Å². The number of carboxylic acid groups (broad SMARTS) is 1. The number of hydrogen-bond acceptors (Lipinski definition) is 2. The molecule has 0 atom stereocenters. The van der Waals surface area contributed by atoms with Gasteiger partial charge in [0.2, 0.25) is 0 Å². The summed E-state index contributed by atoms with van der Waals surface area (Å²) in [4.78, 5) is 22.5. The molecule has 17 heavy (non-hydrogen) atoms. The molecule has 0 spiro atoms. The third-order valence-electron chi connectivity index (χ3n) is 2.40. The molecule has 0 bridgehead atoms. The maximum absolute atomic E-state index is 11.5. The Hall–Kier alpha value is -1.75. The zero-order valence-corrected chi connectivity index (χ0v) is 9.62. The molecular weight excluding hydrogens is 244 g/mol. The number of para-hydroxylation sites is 1. The molecule has 2 amide bonds. The number of amides is 2. The molecule has 0 heterocycles. The van der Waals surface area contributed by atoms with Gasteiger partial charge in [0.05, 0.1) is 16.3 Å². The fourth-order valence-electron chi connectivity index (χ4n) is 1.39. The summed E-state index contributed by atoms with van der Waals surface area (Å²) in [6, 6.07) is 4.21. The van der Waals surface area contributed by atoms with Gasteiger partial charge in [-0.3, -0.25) is 0 Å². The van der Waals surface area contributed by atoms with Crippen LogP contribution in [0.5, 0.6) is 0 Å². The Labute approximate surface area is 103 Å². The molecule has 1 aliphatic carbocycles. The Morgan fingerprint density at radius 3 is 2.65 bits per heavy atom. The lowest BCUT2D eigenvalue weighted by atomic mass is 10.2. The molecule has 1 aromatic carbocycles. The second-order valence-corrected chi connectivity index (χ2v) is 4.25. The maximum atomic E-state index is 11.5. The highest BCUT2D eigenvalue weighted by Gasteiger charge is 2.24. The smallest absolute Gasteiger partial charge is 0.337 e. The van der Waals surface area contributed by atoms with E-state index < -0.39 is 12.0 Å². The summed E-state index contributed by atoms with van der Waals surface area (Å²) in [5.41, 5.74) is 0.100. The van der Waals surface area contributed by atoms with Crippen LogP contribution >= 0.6 is 11.6 Å². The van der Waals surface area contributed by atoms with Crippen molar-refractivity contribution in [1.29, 1.82) is 0 Å². The van der Waals surface area contributed by atoms with E-state index in [9.17, 15) is 9.59 Å². The highest BCUT2D eigenvalue weighted by molar-refractivity contribution is 6.34. The second-order valence-electron chi connectivity index (χ2n) is 3.84. The van der Waals surface area contributed by atoms with Gasteiger partial charge < -0.3 is 15.7 Å². The molecule has 0 radical (unpaired) electrons. The molecule has 1 saturated carbocycles. The van der Waals surface area contributed by atoms with Gasteiger partial charge in [-0.25, -0.2) is 9.59 Å². The molecule has 0 unspecified atom stereocenters. The first-order valence-corrected chi connectivity index (χ1v) is 5.55. The molecule has 0 aliphatic heterocycles. The summed E-state index contributed by atoms with van der Waals surface area (Å²) in [5, 5.41) is 14.3. The number of anilines is 1. The van der Waals surface area contributed by atoms with Crippen LogP contribution in [0.2, 0.25) is 5.02 Å². The van der Waals surface area contributed by atoms with Crippen molar-refractivity contribution in [1.82, 2.24) is 5.32 Å². The molecule has 2 rings (SSSR count). The lowest BCUT2D eigenvalue weighted by Gasteiger charge is -2.10. The van der Waals surface area contributed by atoms with E-state index in [1.54, 1.807) is 0 Å². The molecule has 6 heteroatoms. The Balaban J connectivity index is 2.17. The Bertz CT molecular complexity index is 472. The number of benzene rings is 1. The zero-order chi connectivity index (χ0) is 12.4. The van der Waals surface area contributed by atoms with Crippen molar-refractivity contribution >= 4 is 29.3 Å². The topological polar surface area (TPSA) is 78.4 Å².